The molecule has 0 unspecified atom stereocenters. The van der Waals surface area contributed by atoms with Crippen molar-refractivity contribution in [2.75, 3.05) is 13.3 Å². The highest BCUT2D eigenvalue weighted by Crippen LogP contribution is 2.31. The molecular weight excluding hydrogens is 308 g/mol. The van der Waals surface area contributed by atoms with Gasteiger partial charge in [0.2, 0.25) is 0 Å². The number of fused-ring (bicyclic) bond motifs is 1. The molecule has 2 aliphatic heterocycles. The average Bonchev–Trinajstić information content (AvgIpc) is 3.01. The molecular formula is C13H26N4O6. The molecule has 0 amide bonds. The van der Waals surface area contributed by atoms with Crippen LogP contribution in [-0.4, -0.2) is 84.6 Å². The van der Waals surface area contributed by atoms with Gasteiger partial charge in [-0.05, 0) is 6.42 Å². The van der Waals surface area contributed by atoms with E-state index in [1.54, 1.807) is 0 Å². The quantitative estimate of drug-likeness (QED) is 0.297. The predicted octanol–water partition coefficient (Wildman–Crippen LogP) is -4.10. The summed E-state index contributed by atoms with van der Waals surface area (Å²) in [6, 6.07) is -1.78. The summed E-state index contributed by atoms with van der Waals surface area (Å²) < 4.78 is 22.5. The zero-order chi connectivity index (χ0) is 16.7. The van der Waals surface area contributed by atoms with Gasteiger partial charge in [-0.1, -0.05) is 0 Å². The molecule has 3 aliphatic rings. The van der Waals surface area contributed by atoms with Crippen LogP contribution >= 0.6 is 0 Å². The lowest BCUT2D eigenvalue weighted by Gasteiger charge is -2.45. The van der Waals surface area contributed by atoms with Crippen LogP contribution in [0.1, 0.15) is 6.42 Å². The SMILES string of the molecule is NC[C@H]1O[C@H](O[C@H]2[C@H](O)[C@@H](O)[C@H](N)C[C@@H]2N)[C@H](N)[C@H]2OCO[C@@H]21. The van der Waals surface area contributed by atoms with Gasteiger partial charge < -0.3 is 52.1 Å². The highest BCUT2D eigenvalue weighted by atomic mass is 16.8. The average molecular weight is 334 g/mol. The lowest BCUT2D eigenvalue weighted by Crippen LogP contribution is -2.67. The molecule has 134 valence electrons. The smallest absolute Gasteiger partial charge is 0.176 e. The summed E-state index contributed by atoms with van der Waals surface area (Å²) >= 11 is 0. The number of rotatable bonds is 3. The van der Waals surface area contributed by atoms with Crippen LogP contribution in [0.4, 0.5) is 0 Å². The lowest BCUT2D eigenvalue weighted by molar-refractivity contribution is -0.274. The van der Waals surface area contributed by atoms with E-state index < -0.39 is 54.9 Å². The van der Waals surface area contributed by atoms with Crippen molar-refractivity contribution in [2.45, 2.75) is 67.5 Å². The van der Waals surface area contributed by atoms with Gasteiger partial charge in [0, 0.05) is 18.6 Å². The van der Waals surface area contributed by atoms with E-state index in [4.69, 9.17) is 41.9 Å². The second-order valence-electron chi connectivity index (χ2n) is 6.38. The number of ether oxygens (including phenoxy) is 4. The Morgan fingerprint density at radius 3 is 2.39 bits per heavy atom. The van der Waals surface area contributed by atoms with Crippen LogP contribution in [0.2, 0.25) is 0 Å². The van der Waals surface area contributed by atoms with E-state index in [0.717, 1.165) is 0 Å². The predicted molar refractivity (Wildman–Crippen MR) is 77.8 cm³/mol. The molecule has 0 aromatic carbocycles. The molecule has 2 saturated heterocycles. The van der Waals surface area contributed by atoms with Crippen molar-refractivity contribution in [3.63, 3.8) is 0 Å². The summed E-state index contributed by atoms with van der Waals surface area (Å²) in [5.41, 5.74) is 23.6. The number of hydrogen-bond donors (Lipinski definition) is 6. The van der Waals surface area contributed by atoms with Crippen molar-refractivity contribution in [1.82, 2.24) is 0 Å². The van der Waals surface area contributed by atoms with Crippen LogP contribution in [0.5, 0.6) is 0 Å². The van der Waals surface area contributed by atoms with E-state index in [-0.39, 0.29) is 19.4 Å². The normalized spacial score (nSPS) is 54.0. The summed E-state index contributed by atoms with van der Waals surface area (Å²) in [5, 5.41) is 20.1. The minimum atomic E-state index is -1.22. The van der Waals surface area contributed by atoms with E-state index in [9.17, 15) is 10.2 Å². The molecule has 3 fully saturated rings. The Bertz CT molecular complexity index is 418. The van der Waals surface area contributed by atoms with Crippen molar-refractivity contribution in [3.8, 4) is 0 Å². The third-order valence-electron chi connectivity index (χ3n) is 4.83. The van der Waals surface area contributed by atoms with Gasteiger partial charge >= 0.3 is 0 Å². The first-order valence-corrected chi connectivity index (χ1v) is 7.81. The monoisotopic (exact) mass is 334 g/mol. The van der Waals surface area contributed by atoms with Crippen LogP contribution < -0.4 is 22.9 Å². The van der Waals surface area contributed by atoms with Crippen molar-refractivity contribution in [3.05, 3.63) is 0 Å². The van der Waals surface area contributed by atoms with E-state index in [1.807, 2.05) is 0 Å². The van der Waals surface area contributed by atoms with Gasteiger partial charge in [0.15, 0.2) is 6.29 Å². The maximum atomic E-state index is 10.2. The van der Waals surface area contributed by atoms with Crippen molar-refractivity contribution in [2.24, 2.45) is 22.9 Å². The third-order valence-corrected chi connectivity index (χ3v) is 4.83. The molecule has 0 aromatic heterocycles. The van der Waals surface area contributed by atoms with Gasteiger partial charge in [0.05, 0.1) is 12.1 Å². The van der Waals surface area contributed by atoms with Gasteiger partial charge in [-0.2, -0.15) is 0 Å². The van der Waals surface area contributed by atoms with Gasteiger partial charge in [-0.15, -0.1) is 0 Å². The Kier molecular flexibility index (Phi) is 5.18. The largest absolute Gasteiger partial charge is 0.389 e. The fraction of sp³-hybridized carbons (Fsp3) is 1.00. The highest BCUT2D eigenvalue weighted by molar-refractivity contribution is 5.00. The Morgan fingerprint density at radius 2 is 1.70 bits per heavy atom. The molecule has 10 atom stereocenters. The Hall–Kier alpha value is -0.400. The first-order chi connectivity index (χ1) is 10.9. The molecule has 10 nitrogen and oxygen atoms in total. The molecule has 23 heavy (non-hydrogen) atoms. The second kappa shape index (κ2) is 6.84. The number of hydrogen-bond acceptors (Lipinski definition) is 10. The summed E-state index contributed by atoms with van der Waals surface area (Å²) in [6.07, 6.45) is -4.95. The molecule has 0 bridgehead atoms. The molecule has 1 aliphatic carbocycles. The minimum absolute atomic E-state index is 0.120. The summed E-state index contributed by atoms with van der Waals surface area (Å²) in [6.45, 7) is 0.332. The zero-order valence-corrected chi connectivity index (χ0v) is 12.7. The Morgan fingerprint density at radius 1 is 1.00 bits per heavy atom. The molecule has 0 spiro atoms. The van der Waals surface area contributed by atoms with E-state index in [1.165, 1.54) is 0 Å². The molecule has 0 radical (unpaired) electrons. The van der Waals surface area contributed by atoms with Crippen LogP contribution in [0.3, 0.4) is 0 Å². The summed E-state index contributed by atoms with van der Waals surface area (Å²) in [7, 11) is 0. The van der Waals surface area contributed by atoms with E-state index >= 15 is 0 Å². The summed E-state index contributed by atoms with van der Waals surface area (Å²) in [4.78, 5) is 0. The number of aliphatic hydroxyl groups is 2. The second-order valence-corrected chi connectivity index (χ2v) is 6.38. The Labute approximate surface area is 134 Å². The van der Waals surface area contributed by atoms with Crippen LogP contribution in [0.15, 0.2) is 0 Å². The van der Waals surface area contributed by atoms with Gasteiger partial charge in [-0.3, -0.25) is 0 Å². The van der Waals surface area contributed by atoms with Crippen LogP contribution in [0.25, 0.3) is 0 Å². The molecule has 10 heteroatoms. The summed E-state index contributed by atoms with van der Waals surface area (Å²) in [5.74, 6) is 0. The molecule has 10 N–H and O–H groups in total. The van der Waals surface area contributed by atoms with Gasteiger partial charge in [0.1, 0.15) is 37.3 Å². The topological polar surface area (TPSA) is 181 Å². The van der Waals surface area contributed by atoms with Crippen molar-refractivity contribution < 1.29 is 29.2 Å². The first-order valence-electron chi connectivity index (χ1n) is 7.81. The first kappa shape index (κ1) is 17.4. The van der Waals surface area contributed by atoms with Crippen molar-refractivity contribution in [1.29, 1.82) is 0 Å². The maximum Gasteiger partial charge on any atom is 0.176 e. The molecule has 2 heterocycles. The van der Waals surface area contributed by atoms with Gasteiger partial charge in [0.25, 0.3) is 0 Å². The van der Waals surface area contributed by atoms with E-state index in [0.29, 0.717) is 6.42 Å². The van der Waals surface area contributed by atoms with Gasteiger partial charge in [-0.25, -0.2) is 0 Å². The van der Waals surface area contributed by atoms with Crippen LogP contribution in [-0.2, 0) is 18.9 Å². The molecule has 3 rings (SSSR count). The third kappa shape index (κ3) is 3.12. The standard InChI is InChI=1S/C13H26N4O6/c14-2-6-11-12(21-3-20-11)7(17)13(22-6)23-10-5(16)1-4(15)8(18)9(10)19/h4-13,18-19H,1-3,14-17H2/t4-,5+,6-,7-,8+,9-,10-,11-,12-,13-/m1/s1. The van der Waals surface area contributed by atoms with E-state index in [2.05, 4.69) is 0 Å². The zero-order valence-electron chi connectivity index (χ0n) is 12.7. The van der Waals surface area contributed by atoms with Crippen LogP contribution in [0, 0.1) is 0 Å². The number of aliphatic hydroxyl groups excluding tert-OH is 2. The highest BCUT2D eigenvalue weighted by Gasteiger charge is 2.51. The lowest BCUT2D eigenvalue weighted by atomic mass is 9.84. The minimum Gasteiger partial charge on any atom is -0.389 e. The maximum absolute atomic E-state index is 10.2. The number of nitrogens with two attached hydrogens (primary N) is 4. The van der Waals surface area contributed by atoms with Crippen molar-refractivity contribution >= 4 is 0 Å². The fourth-order valence-corrected chi connectivity index (χ4v) is 3.47. The fourth-order valence-electron chi connectivity index (χ4n) is 3.47. The molecule has 0 aromatic rings. The Balaban J connectivity index is 1.71. The molecule has 1 saturated carbocycles.